The van der Waals surface area contributed by atoms with E-state index < -0.39 is 0 Å². The van der Waals surface area contributed by atoms with Gasteiger partial charge >= 0.3 is 0 Å². The molecule has 0 aliphatic carbocycles. The first-order valence-electron chi connectivity index (χ1n) is 5.86. The van der Waals surface area contributed by atoms with Crippen molar-refractivity contribution >= 4 is 16.6 Å². The lowest BCUT2D eigenvalue weighted by Gasteiger charge is -2.03. The molecule has 3 rings (SSSR count). The van der Waals surface area contributed by atoms with Gasteiger partial charge in [0.25, 0.3) is 0 Å². The molecule has 0 spiro atoms. The molecule has 0 aliphatic rings. The van der Waals surface area contributed by atoms with Crippen molar-refractivity contribution in [2.75, 3.05) is 5.32 Å². The molecule has 0 saturated carbocycles. The molecule has 2 aromatic heterocycles. The van der Waals surface area contributed by atoms with Gasteiger partial charge in [-0.15, -0.1) is 0 Å². The van der Waals surface area contributed by atoms with Crippen LogP contribution < -0.4 is 5.32 Å². The topological polar surface area (TPSA) is 42.7 Å². The number of fused-ring (bicyclic) bond motifs is 1. The molecule has 0 atom stereocenters. The van der Waals surface area contributed by atoms with E-state index in [1.807, 2.05) is 0 Å². The van der Waals surface area contributed by atoms with Gasteiger partial charge in [0.05, 0.1) is 18.1 Å². The Balaban J connectivity index is 1.87. The number of para-hydroxylation sites is 1. The smallest absolute Gasteiger partial charge is 0.115 e. The average Bonchev–Trinajstić information content (AvgIpc) is 2.75. The van der Waals surface area contributed by atoms with Gasteiger partial charge in [0.1, 0.15) is 6.33 Å². The van der Waals surface area contributed by atoms with E-state index in [1.165, 1.54) is 22.8 Å². The normalized spacial score (nSPS) is 10.7. The summed E-state index contributed by atoms with van der Waals surface area (Å²) >= 11 is 0. The largest absolute Gasteiger partial charge is 0.378 e. The van der Waals surface area contributed by atoms with E-state index in [9.17, 15) is 0 Å². The number of hydrogen-bond donors (Lipinski definition) is 1. The summed E-state index contributed by atoms with van der Waals surface area (Å²) < 4.78 is 2.15. The van der Waals surface area contributed by atoms with Crippen LogP contribution in [0.25, 0.3) is 10.9 Å². The second-order valence-electron chi connectivity index (χ2n) is 4.26. The molecule has 0 radical (unpaired) electrons. The maximum Gasteiger partial charge on any atom is 0.115 e. The van der Waals surface area contributed by atoms with Crippen LogP contribution >= 0.6 is 0 Å². The number of rotatable bonds is 3. The van der Waals surface area contributed by atoms with E-state index in [2.05, 4.69) is 57.4 Å². The van der Waals surface area contributed by atoms with Crippen LogP contribution in [0.3, 0.4) is 0 Å². The Kier molecular flexibility index (Phi) is 2.68. The Labute approximate surface area is 105 Å². The minimum Gasteiger partial charge on any atom is -0.378 e. The lowest BCUT2D eigenvalue weighted by atomic mass is 10.2. The van der Waals surface area contributed by atoms with Crippen molar-refractivity contribution in [3.05, 3.63) is 54.7 Å². The van der Waals surface area contributed by atoms with Crippen LogP contribution in [0.2, 0.25) is 0 Å². The molecule has 3 aromatic rings. The zero-order valence-electron chi connectivity index (χ0n) is 10.2. The SMILES string of the molecule is Cn1cc(CNc2cncnc2)c2ccccc21. The van der Waals surface area contributed by atoms with Crippen molar-refractivity contribution in [1.29, 1.82) is 0 Å². The molecule has 0 aliphatic heterocycles. The average molecular weight is 238 g/mol. The van der Waals surface area contributed by atoms with Gasteiger partial charge in [0.2, 0.25) is 0 Å². The molecule has 4 heteroatoms. The van der Waals surface area contributed by atoms with Gasteiger partial charge in [-0.2, -0.15) is 0 Å². The summed E-state index contributed by atoms with van der Waals surface area (Å²) in [5, 5.41) is 4.61. The molecule has 0 unspecified atom stereocenters. The number of hydrogen-bond acceptors (Lipinski definition) is 3. The van der Waals surface area contributed by atoms with Crippen molar-refractivity contribution in [3.8, 4) is 0 Å². The molecule has 0 saturated heterocycles. The van der Waals surface area contributed by atoms with Crippen LogP contribution in [0.5, 0.6) is 0 Å². The minimum absolute atomic E-state index is 0.773. The molecule has 0 bridgehead atoms. The number of aromatic nitrogens is 3. The third-order valence-corrected chi connectivity index (χ3v) is 3.02. The van der Waals surface area contributed by atoms with Gasteiger partial charge in [0.15, 0.2) is 0 Å². The van der Waals surface area contributed by atoms with Crippen LogP contribution in [-0.4, -0.2) is 14.5 Å². The summed E-state index contributed by atoms with van der Waals surface area (Å²) in [6.45, 7) is 0.773. The fourth-order valence-electron chi connectivity index (χ4n) is 2.15. The van der Waals surface area contributed by atoms with Crippen molar-refractivity contribution in [2.45, 2.75) is 6.54 Å². The minimum atomic E-state index is 0.773. The third kappa shape index (κ3) is 1.93. The third-order valence-electron chi connectivity index (χ3n) is 3.02. The molecular weight excluding hydrogens is 224 g/mol. The number of aryl methyl sites for hydroxylation is 1. The van der Waals surface area contributed by atoms with Gasteiger partial charge in [-0.3, -0.25) is 0 Å². The van der Waals surface area contributed by atoms with E-state index in [1.54, 1.807) is 12.4 Å². The van der Waals surface area contributed by atoms with E-state index in [-0.39, 0.29) is 0 Å². The first-order valence-corrected chi connectivity index (χ1v) is 5.86. The second kappa shape index (κ2) is 4.49. The maximum absolute atomic E-state index is 3.99. The molecule has 90 valence electrons. The highest BCUT2D eigenvalue weighted by molar-refractivity contribution is 5.84. The van der Waals surface area contributed by atoms with Gasteiger partial charge in [0, 0.05) is 30.7 Å². The van der Waals surface area contributed by atoms with Gasteiger partial charge in [-0.25, -0.2) is 9.97 Å². The zero-order chi connectivity index (χ0) is 12.4. The molecule has 2 heterocycles. The Hall–Kier alpha value is -2.36. The standard InChI is InChI=1S/C14H14N4/c1-18-9-11(13-4-2-3-5-14(13)18)6-17-12-7-15-10-16-8-12/h2-5,7-10,17H,6H2,1H3. The molecular formula is C14H14N4. The van der Waals surface area contributed by atoms with Crippen LogP contribution in [0.15, 0.2) is 49.2 Å². The number of nitrogens with one attached hydrogen (secondary N) is 1. The summed E-state index contributed by atoms with van der Waals surface area (Å²) in [5.74, 6) is 0. The summed E-state index contributed by atoms with van der Waals surface area (Å²) in [5.41, 5.74) is 3.46. The van der Waals surface area contributed by atoms with Crippen molar-refractivity contribution in [1.82, 2.24) is 14.5 Å². The molecule has 1 N–H and O–H groups in total. The van der Waals surface area contributed by atoms with Crippen molar-refractivity contribution in [3.63, 3.8) is 0 Å². The summed E-state index contributed by atoms with van der Waals surface area (Å²) in [6.07, 6.45) is 7.24. The Morgan fingerprint density at radius 3 is 2.78 bits per heavy atom. The predicted octanol–water partition coefficient (Wildman–Crippen LogP) is 2.58. The molecule has 4 nitrogen and oxygen atoms in total. The lowest BCUT2D eigenvalue weighted by molar-refractivity contribution is 0.955. The highest BCUT2D eigenvalue weighted by Crippen LogP contribution is 2.20. The monoisotopic (exact) mass is 238 g/mol. The number of benzene rings is 1. The van der Waals surface area contributed by atoms with Gasteiger partial charge < -0.3 is 9.88 Å². The first-order chi connectivity index (χ1) is 8.84. The zero-order valence-corrected chi connectivity index (χ0v) is 10.2. The summed E-state index contributed by atoms with van der Waals surface area (Å²) in [6, 6.07) is 8.40. The van der Waals surface area contributed by atoms with Crippen LogP contribution in [0.4, 0.5) is 5.69 Å². The second-order valence-corrected chi connectivity index (χ2v) is 4.26. The number of nitrogens with zero attached hydrogens (tertiary/aromatic N) is 3. The van der Waals surface area contributed by atoms with E-state index >= 15 is 0 Å². The van der Waals surface area contributed by atoms with Gasteiger partial charge in [-0.05, 0) is 11.6 Å². The fraction of sp³-hybridized carbons (Fsp3) is 0.143. The lowest BCUT2D eigenvalue weighted by Crippen LogP contribution is -1.99. The summed E-state index contributed by atoms with van der Waals surface area (Å²) in [7, 11) is 2.07. The maximum atomic E-state index is 3.99. The Bertz CT molecular complexity index is 658. The first kappa shape index (κ1) is 10.8. The Morgan fingerprint density at radius 1 is 1.17 bits per heavy atom. The quantitative estimate of drug-likeness (QED) is 0.762. The predicted molar refractivity (Wildman–Crippen MR) is 72.3 cm³/mol. The van der Waals surface area contributed by atoms with Crippen LogP contribution in [0.1, 0.15) is 5.56 Å². The van der Waals surface area contributed by atoms with E-state index in [0.29, 0.717) is 0 Å². The van der Waals surface area contributed by atoms with Crippen LogP contribution in [0, 0.1) is 0 Å². The summed E-state index contributed by atoms with van der Waals surface area (Å²) in [4.78, 5) is 7.97. The van der Waals surface area contributed by atoms with Crippen molar-refractivity contribution < 1.29 is 0 Å². The van der Waals surface area contributed by atoms with E-state index in [4.69, 9.17) is 0 Å². The van der Waals surface area contributed by atoms with Gasteiger partial charge in [-0.1, -0.05) is 18.2 Å². The fourth-order valence-corrected chi connectivity index (χ4v) is 2.15. The number of anilines is 1. The highest BCUT2D eigenvalue weighted by atomic mass is 15.0. The highest BCUT2D eigenvalue weighted by Gasteiger charge is 2.05. The van der Waals surface area contributed by atoms with Crippen LogP contribution in [-0.2, 0) is 13.6 Å². The molecule has 0 amide bonds. The van der Waals surface area contributed by atoms with E-state index in [0.717, 1.165) is 12.2 Å². The molecule has 0 fully saturated rings. The molecule has 1 aromatic carbocycles. The Morgan fingerprint density at radius 2 is 1.94 bits per heavy atom. The van der Waals surface area contributed by atoms with Crippen molar-refractivity contribution in [2.24, 2.45) is 7.05 Å². The molecule has 18 heavy (non-hydrogen) atoms.